The molecule has 2 aromatic carbocycles. The van der Waals surface area contributed by atoms with Gasteiger partial charge in [0.25, 0.3) is 0 Å². The van der Waals surface area contributed by atoms with Gasteiger partial charge in [-0.1, -0.05) is 32.0 Å². The quantitative estimate of drug-likeness (QED) is 0.708. The minimum absolute atomic E-state index is 0.0364. The lowest BCUT2D eigenvalue weighted by atomic mass is 10.0. The zero-order chi connectivity index (χ0) is 20.8. The Balaban J connectivity index is 1.78. The first-order chi connectivity index (χ1) is 14.1. The average molecular weight is 397 g/mol. The predicted molar refractivity (Wildman–Crippen MR) is 117 cm³/mol. The molecular weight excluding hydrogens is 364 g/mol. The number of para-hydroxylation sites is 1. The molecule has 1 atom stereocenters. The molecule has 1 aliphatic rings. The second kappa shape index (κ2) is 9.79. The third-order valence-corrected chi connectivity index (χ3v) is 5.77. The van der Waals surface area contributed by atoms with Gasteiger partial charge in [0, 0.05) is 17.3 Å². The Morgan fingerprint density at radius 3 is 2.45 bits per heavy atom. The van der Waals surface area contributed by atoms with Crippen LogP contribution >= 0.6 is 0 Å². The van der Waals surface area contributed by atoms with Gasteiger partial charge in [-0.05, 0) is 61.6 Å². The predicted octanol–water partition coefficient (Wildman–Crippen LogP) is 4.60. The largest absolute Gasteiger partial charge is 0.497 e. The Labute approximate surface area is 174 Å². The highest BCUT2D eigenvalue weighted by Crippen LogP contribution is 2.38. The van der Waals surface area contributed by atoms with Gasteiger partial charge in [0.1, 0.15) is 11.5 Å². The van der Waals surface area contributed by atoms with Crippen LogP contribution in [-0.4, -0.2) is 38.1 Å². The van der Waals surface area contributed by atoms with E-state index < -0.39 is 0 Å². The van der Waals surface area contributed by atoms with Crippen LogP contribution in [0.3, 0.4) is 0 Å². The van der Waals surface area contributed by atoms with Gasteiger partial charge < -0.3 is 14.8 Å². The van der Waals surface area contributed by atoms with Crippen LogP contribution in [0.4, 0.5) is 5.69 Å². The maximum atomic E-state index is 13.0. The standard InChI is InChI=1S/C24H32N2O3/c1-5-17-9-7-10-18(6-2)24(17)25-23(27)16-26-14-8-11-21(26)20-15-19(28-3)12-13-22(20)29-4/h7,9-10,12-13,15,21H,5-6,8,11,14,16H2,1-4H3,(H,25,27)/t21-/m0/s1. The molecule has 5 heteroatoms. The number of likely N-dealkylation sites (tertiary alicyclic amines) is 1. The number of nitrogens with zero attached hydrogens (tertiary/aromatic N) is 1. The first-order valence-corrected chi connectivity index (χ1v) is 10.5. The lowest BCUT2D eigenvalue weighted by Gasteiger charge is -2.26. The molecule has 1 aliphatic heterocycles. The molecule has 156 valence electrons. The molecule has 0 radical (unpaired) electrons. The summed E-state index contributed by atoms with van der Waals surface area (Å²) >= 11 is 0. The summed E-state index contributed by atoms with van der Waals surface area (Å²) in [7, 11) is 3.35. The van der Waals surface area contributed by atoms with E-state index in [1.165, 1.54) is 11.1 Å². The Hall–Kier alpha value is -2.53. The molecule has 0 unspecified atom stereocenters. The molecule has 1 amide bonds. The SMILES string of the molecule is CCc1cccc(CC)c1NC(=O)CN1CCC[C@H]1c1cc(OC)ccc1OC. The molecule has 2 aromatic rings. The van der Waals surface area contributed by atoms with E-state index >= 15 is 0 Å². The van der Waals surface area contributed by atoms with Gasteiger partial charge in [-0.2, -0.15) is 0 Å². The molecule has 0 bridgehead atoms. The van der Waals surface area contributed by atoms with E-state index in [9.17, 15) is 4.79 Å². The molecule has 1 heterocycles. The first kappa shape index (κ1) is 21.2. The van der Waals surface area contributed by atoms with Crippen molar-refractivity contribution in [3.8, 4) is 11.5 Å². The van der Waals surface area contributed by atoms with Crippen molar-refractivity contribution in [3.05, 3.63) is 53.1 Å². The second-order valence-electron chi connectivity index (χ2n) is 7.44. The molecular formula is C24H32N2O3. The van der Waals surface area contributed by atoms with Gasteiger partial charge in [-0.15, -0.1) is 0 Å². The van der Waals surface area contributed by atoms with E-state index in [4.69, 9.17) is 9.47 Å². The molecule has 1 saturated heterocycles. The lowest BCUT2D eigenvalue weighted by Crippen LogP contribution is -2.33. The van der Waals surface area contributed by atoms with Crippen LogP contribution in [0.15, 0.2) is 36.4 Å². The number of carbonyl (C=O) groups is 1. The molecule has 0 aromatic heterocycles. The van der Waals surface area contributed by atoms with Crippen molar-refractivity contribution in [1.82, 2.24) is 4.90 Å². The van der Waals surface area contributed by atoms with Crippen LogP contribution in [0.5, 0.6) is 11.5 Å². The van der Waals surface area contributed by atoms with Crippen molar-refractivity contribution < 1.29 is 14.3 Å². The summed E-state index contributed by atoms with van der Waals surface area (Å²) in [6.07, 6.45) is 3.86. The zero-order valence-electron chi connectivity index (χ0n) is 18.0. The molecule has 0 aliphatic carbocycles. The van der Waals surface area contributed by atoms with Crippen molar-refractivity contribution in [1.29, 1.82) is 0 Å². The van der Waals surface area contributed by atoms with Crippen molar-refractivity contribution >= 4 is 11.6 Å². The number of hydrogen-bond donors (Lipinski definition) is 1. The number of carbonyl (C=O) groups excluding carboxylic acids is 1. The third-order valence-electron chi connectivity index (χ3n) is 5.77. The molecule has 0 spiro atoms. The summed E-state index contributed by atoms with van der Waals surface area (Å²) in [5, 5.41) is 3.19. The maximum Gasteiger partial charge on any atom is 0.238 e. The van der Waals surface area contributed by atoms with E-state index in [2.05, 4.69) is 42.3 Å². The van der Waals surface area contributed by atoms with Gasteiger partial charge in [0.2, 0.25) is 5.91 Å². The smallest absolute Gasteiger partial charge is 0.238 e. The summed E-state index contributed by atoms with van der Waals surface area (Å²) < 4.78 is 11.0. The number of methoxy groups -OCH3 is 2. The molecule has 5 nitrogen and oxygen atoms in total. The Morgan fingerprint density at radius 1 is 1.10 bits per heavy atom. The fraction of sp³-hybridized carbons (Fsp3) is 0.458. The van der Waals surface area contributed by atoms with Crippen molar-refractivity contribution in [2.75, 3.05) is 32.6 Å². The number of nitrogens with one attached hydrogen (secondary N) is 1. The van der Waals surface area contributed by atoms with Crippen molar-refractivity contribution in [2.24, 2.45) is 0 Å². The van der Waals surface area contributed by atoms with Gasteiger partial charge in [0.15, 0.2) is 0 Å². The van der Waals surface area contributed by atoms with E-state index in [1.807, 2.05) is 18.2 Å². The highest BCUT2D eigenvalue weighted by atomic mass is 16.5. The summed E-state index contributed by atoms with van der Waals surface area (Å²) in [4.78, 5) is 15.2. The molecule has 1 fully saturated rings. The number of hydrogen-bond acceptors (Lipinski definition) is 4. The van der Waals surface area contributed by atoms with E-state index in [0.717, 1.165) is 55.0 Å². The summed E-state index contributed by atoms with van der Waals surface area (Å²) in [6, 6.07) is 12.3. The van der Waals surface area contributed by atoms with Crippen LogP contribution < -0.4 is 14.8 Å². The highest BCUT2D eigenvalue weighted by molar-refractivity contribution is 5.94. The minimum Gasteiger partial charge on any atom is -0.497 e. The molecule has 29 heavy (non-hydrogen) atoms. The monoisotopic (exact) mass is 396 g/mol. The van der Waals surface area contributed by atoms with Crippen molar-refractivity contribution in [3.63, 3.8) is 0 Å². The number of rotatable bonds is 8. The Bertz CT molecular complexity index is 828. The highest BCUT2D eigenvalue weighted by Gasteiger charge is 2.30. The van der Waals surface area contributed by atoms with Crippen molar-refractivity contribution in [2.45, 2.75) is 45.6 Å². The Morgan fingerprint density at radius 2 is 1.83 bits per heavy atom. The van der Waals surface area contributed by atoms with E-state index in [0.29, 0.717) is 6.54 Å². The average Bonchev–Trinajstić information content (AvgIpc) is 3.20. The number of ether oxygens (including phenoxy) is 2. The van der Waals surface area contributed by atoms with Gasteiger partial charge >= 0.3 is 0 Å². The van der Waals surface area contributed by atoms with Crippen LogP contribution in [-0.2, 0) is 17.6 Å². The number of benzene rings is 2. The molecule has 1 N–H and O–H groups in total. The van der Waals surface area contributed by atoms with E-state index in [-0.39, 0.29) is 11.9 Å². The van der Waals surface area contributed by atoms with Crippen LogP contribution in [0.25, 0.3) is 0 Å². The summed E-state index contributed by atoms with van der Waals surface area (Å²) in [5.74, 6) is 1.68. The van der Waals surface area contributed by atoms with Crippen LogP contribution in [0.1, 0.15) is 49.4 Å². The number of aryl methyl sites for hydroxylation is 2. The fourth-order valence-corrected chi connectivity index (χ4v) is 4.23. The lowest BCUT2D eigenvalue weighted by molar-refractivity contribution is -0.117. The second-order valence-corrected chi connectivity index (χ2v) is 7.44. The summed E-state index contributed by atoms with van der Waals surface area (Å²) in [6.45, 7) is 5.51. The number of anilines is 1. The maximum absolute atomic E-state index is 13.0. The normalized spacial score (nSPS) is 16.6. The van der Waals surface area contributed by atoms with E-state index in [1.54, 1.807) is 14.2 Å². The van der Waals surface area contributed by atoms with Gasteiger partial charge in [0.05, 0.1) is 20.8 Å². The molecule has 3 rings (SSSR count). The van der Waals surface area contributed by atoms with Gasteiger partial charge in [-0.3, -0.25) is 9.69 Å². The first-order valence-electron chi connectivity index (χ1n) is 10.5. The third kappa shape index (κ3) is 4.73. The fourth-order valence-electron chi connectivity index (χ4n) is 4.23. The van der Waals surface area contributed by atoms with Gasteiger partial charge in [-0.25, -0.2) is 0 Å². The Kier molecular flexibility index (Phi) is 7.15. The summed E-state index contributed by atoms with van der Waals surface area (Å²) in [5.41, 5.74) is 4.44. The van der Waals surface area contributed by atoms with Crippen LogP contribution in [0.2, 0.25) is 0 Å². The van der Waals surface area contributed by atoms with Crippen LogP contribution in [0, 0.1) is 0 Å². The zero-order valence-corrected chi connectivity index (χ0v) is 18.0. The number of amides is 1. The topological polar surface area (TPSA) is 50.8 Å². The minimum atomic E-state index is 0.0364. The molecule has 0 saturated carbocycles.